The molecule has 2 aromatic carbocycles. The first kappa shape index (κ1) is 18.1. The van der Waals surface area contributed by atoms with Crippen LogP contribution in [0.15, 0.2) is 71.6 Å². The van der Waals surface area contributed by atoms with Gasteiger partial charge in [0.1, 0.15) is 0 Å². The van der Waals surface area contributed by atoms with E-state index in [0.717, 1.165) is 17.7 Å². The number of hydrogen-bond donors (Lipinski definition) is 1. The monoisotopic (exact) mass is 374 g/mol. The molecule has 0 saturated carbocycles. The predicted octanol–water partition coefficient (Wildman–Crippen LogP) is 2.54. The number of quaternary nitrogens is 1. The first-order valence-electron chi connectivity index (χ1n) is 9.44. The van der Waals surface area contributed by atoms with Gasteiger partial charge in [0.2, 0.25) is 0 Å². The molecule has 1 unspecified atom stereocenters. The van der Waals surface area contributed by atoms with Crippen molar-refractivity contribution in [1.29, 1.82) is 0 Å². The summed E-state index contributed by atoms with van der Waals surface area (Å²) in [6.45, 7) is 0. The highest BCUT2D eigenvalue weighted by molar-refractivity contribution is 5.63. The van der Waals surface area contributed by atoms with E-state index in [1.165, 1.54) is 11.1 Å². The van der Waals surface area contributed by atoms with Crippen LogP contribution in [0.3, 0.4) is 0 Å². The Morgan fingerprint density at radius 1 is 1.04 bits per heavy atom. The van der Waals surface area contributed by atoms with Gasteiger partial charge in [-0.25, -0.2) is 4.98 Å². The topological polar surface area (TPSA) is 73.3 Å². The van der Waals surface area contributed by atoms with Crippen molar-refractivity contribution >= 4 is 0 Å². The van der Waals surface area contributed by atoms with Crippen LogP contribution >= 0.6 is 0 Å². The third-order valence-corrected chi connectivity index (χ3v) is 4.81. The molecule has 2 heterocycles. The lowest BCUT2D eigenvalue weighted by Gasteiger charge is -2.06. The van der Waals surface area contributed by atoms with Crippen LogP contribution < -0.4 is 5.32 Å². The molecule has 0 amide bonds. The highest BCUT2D eigenvalue weighted by atomic mass is 16.5. The summed E-state index contributed by atoms with van der Waals surface area (Å²) in [4.78, 5) is 9.01. The summed E-state index contributed by atoms with van der Waals surface area (Å²) in [5.74, 6) is 1.35. The molecule has 2 N–H and O–H groups in total. The molecule has 28 heavy (non-hydrogen) atoms. The highest BCUT2D eigenvalue weighted by Crippen LogP contribution is 2.20. The second-order valence-corrected chi connectivity index (χ2v) is 6.96. The zero-order valence-corrected chi connectivity index (χ0v) is 16.1. The SMILES string of the molecule is C[NH2+]C(Cc1cn(C)cn1)c1nc(Cc2ccc(-c3ccccc3)cc2)no1. The molecule has 0 aliphatic carbocycles. The van der Waals surface area contributed by atoms with Crippen molar-refractivity contribution in [3.63, 3.8) is 0 Å². The number of aromatic nitrogens is 4. The molecule has 4 rings (SSSR count). The van der Waals surface area contributed by atoms with Gasteiger partial charge in [-0.3, -0.25) is 0 Å². The van der Waals surface area contributed by atoms with Gasteiger partial charge in [-0.15, -0.1) is 0 Å². The second kappa shape index (κ2) is 8.19. The quantitative estimate of drug-likeness (QED) is 0.539. The summed E-state index contributed by atoms with van der Waals surface area (Å²) in [6, 6.07) is 18.9. The minimum Gasteiger partial charge on any atom is -0.340 e. The largest absolute Gasteiger partial charge is 0.340 e. The van der Waals surface area contributed by atoms with Crippen molar-refractivity contribution in [3.05, 3.63) is 90.1 Å². The first-order valence-corrected chi connectivity index (χ1v) is 9.44. The summed E-state index contributed by atoms with van der Waals surface area (Å²) in [5.41, 5.74) is 4.59. The van der Waals surface area contributed by atoms with Crippen molar-refractivity contribution in [2.24, 2.45) is 7.05 Å². The Balaban J connectivity index is 1.44. The van der Waals surface area contributed by atoms with Crippen molar-refractivity contribution < 1.29 is 9.84 Å². The van der Waals surface area contributed by atoms with E-state index in [2.05, 4.69) is 69.0 Å². The number of rotatable bonds is 7. The number of likely N-dealkylation sites (N-methyl/N-ethyl adjacent to an activating group) is 1. The number of imidazole rings is 1. The maximum atomic E-state index is 5.54. The molecular weight excluding hydrogens is 350 g/mol. The van der Waals surface area contributed by atoms with Gasteiger partial charge in [0.05, 0.1) is 25.5 Å². The van der Waals surface area contributed by atoms with E-state index in [9.17, 15) is 0 Å². The van der Waals surface area contributed by atoms with Crippen LogP contribution in [0.4, 0.5) is 0 Å². The van der Waals surface area contributed by atoms with Gasteiger partial charge in [0, 0.05) is 19.7 Å². The van der Waals surface area contributed by atoms with E-state index >= 15 is 0 Å². The Hall–Kier alpha value is -3.25. The second-order valence-electron chi connectivity index (χ2n) is 6.96. The van der Waals surface area contributed by atoms with Crippen LogP contribution in [0.25, 0.3) is 11.1 Å². The molecule has 6 nitrogen and oxygen atoms in total. The molecule has 0 saturated heterocycles. The third-order valence-electron chi connectivity index (χ3n) is 4.81. The molecular formula is C22H24N5O+. The maximum Gasteiger partial charge on any atom is 0.285 e. The van der Waals surface area contributed by atoms with Gasteiger partial charge in [0.25, 0.3) is 5.89 Å². The molecule has 0 radical (unpaired) electrons. The average Bonchev–Trinajstić information content (AvgIpc) is 3.36. The molecule has 0 aliphatic heterocycles. The minimum absolute atomic E-state index is 0.0663. The highest BCUT2D eigenvalue weighted by Gasteiger charge is 2.22. The molecule has 4 aromatic rings. The molecule has 2 aromatic heterocycles. The van der Waals surface area contributed by atoms with Gasteiger partial charge in [-0.2, -0.15) is 4.98 Å². The fourth-order valence-electron chi connectivity index (χ4n) is 3.26. The summed E-state index contributed by atoms with van der Waals surface area (Å²) < 4.78 is 7.48. The Bertz CT molecular complexity index is 1020. The molecule has 142 valence electrons. The smallest absolute Gasteiger partial charge is 0.285 e. The average molecular weight is 374 g/mol. The standard InChI is InChI=1S/C22H23N5O/c1-23-20(13-19-14-27(2)15-24-19)22-25-21(26-28-22)12-16-8-10-18(11-9-16)17-6-4-3-5-7-17/h3-11,14-15,20,23H,12-13H2,1-2H3/p+1. The summed E-state index contributed by atoms with van der Waals surface area (Å²) in [7, 11) is 3.98. The summed E-state index contributed by atoms with van der Waals surface area (Å²) in [5, 5.41) is 6.26. The Kier molecular flexibility index (Phi) is 5.30. The van der Waals surface area contributed by atoms with Crippen LogP contribution in [-0.2, 0) is 19.9 Å². The maximum absolute atomic E-state index is 5.54. The predicted molar refractivity (Wildman–Crippen MR) is 106 cm³/mol. The van der Waals surface area contributed by atoms with E-state index in [1.54, 1.807) is 6.33 Å². The molecule has 0 fully saturated rings. The lowest BCUT2D eigenvalue weighted by molar-refractivity contribution is -0.673. The first-order chi connectivity index (χ1) is 13.7. The van der Waals surface area contributed by atoms with Crippen molar-refractivity contribution in [2.75, 3.05) is 7.05 Å². The van der Waals surface area contributed by atoms with Gasteiger partial charge >= 0.3 is 0 Å². The van der Waals surface area contributed by atoms with Crippen LogP contribution in [0, 0.1) is 0 Å². The van der Waals surface area contributed by atoms with Crippen LogP contribution in [0.5, 0.6) is 0 Å². The van der Waals surface area contributed by atoms with E-state index in [0.29, 0.717) is 18.1 Å². The van der Waals surface area contributed by atoms with Gasteiger partial charge < -0.3 is 14.4 Å². The number of hydrogen-bond acceptors (Lipinski definition) is 4. The van der Waals surface area contributed by atoms with E-state index in [1.807, 2.05) is 30.9 Å². The van der Waals surface area contributed by atoms with E-state index < -0.39 is 0 Å². The Labute approximate surface area is 164 Å². The Morgan fingerprint density at radius 2 is 1.79 bits per heavy atom. The van der Waals surface area contributed by atoms with Crippen LogP contribution in [0.1, 0.15) is 29.0 Å². The summed E-state index contributed by atoms with van der Waals surface area (Å²) >= 11 is 0. The third kappa shape index (κ3) is 4.18. The fraction of sp³-hybridized carbons (Fsp3) is 0.227. The number of nitrogens with two attached hydrogens (primary N) is 1. The van der Waals surface area contributed by atoms with Crippen LogP contribution in [0.2, 0.25) is 0 Å². The van der Waals surface area contributed by atoms with Gasteiger partial charge in [0.15, 0.2) is 11.9 Å². The van der Waals surface area contributed by atoms with Gasteiger partial charge in [-0.1, -0.05) is 59.8 Å². The Morgan fingerprint density at radius 3 is 2.46 bits per heavy atom. The molecule has 1 atom stereocenters. The molecule has 0 aliphatic rings. The zero-order valence-electron chi connectivity index (χ0n) is 16.1. The van der Waals surface area contributed by atoms with E-state index in [4.69, 9.17) is 4.52 Å². The van der Waals surface area contributed by atoms with Crippen molar-refractivity contribution in [1.82, 2.24) is 19.7 Å². The number of nitrogens with zero attached hydrogens (tertiary/aromatic N) is 4. The van der Waals surface area contributed by atoms with E-state index in [-0.39, 0.29) is 6.04 Å². The molecule has 0 bridgehead atoms. The fourth-order valence-corrected chi connectivity index (χ4v) is 3.26. The lowest BCUT2D eigenvalue weighted by atomic mass is 10.0. The van der Waals surface area contributed by atoms with Crippen molar-refractivity contribution in [2.45, 2.75) is 18.9 Å². The zero-order chi connectivity index (χ0) is 19.3. The van der Waals surface area contributed by atoms with Gasteiger partial charge in [-0.05, 0) is 16.7 Å². The molecule has 0 spiro atoms. The van der Waals surface area contributed by atoms with Crippen LogP contribution in [-0.4, -0.2) is 26.7 Å². The lowest BCUT2D eigenvalue weighted by Crippen LogP contribution is -2.81. The summed E-state index contributed by atoms with van der Waals surface area (Å²) in [6.07, 6.45) is 5.23. The normalized spacial score (nSPS) is 12.2. The van der Waals surface area contributed by atoms with Crippen molar-refractivity contribution in [3.8, 4) is 11.1 Å². The molecule has 6 heteroatoms. The number of benzene rings is 2. The minimum atomic E-state index is 0.0663. The number of aryl methyl sites for hydroxylation is 1.